The molecule has 1 heterocycles. The first-order valence-corrected chi connectivity index (χ1v) is 9.53. The van der Waals surface area contributed by atoms with E-state index in [1.54, 1.807) is 16.9 Å². The number of anilines is 1. The van der Waals surface area contributed by atoms with Crippen LogP contribution >= 0.6 is 0 Å². The largest absolute Gasteiger partial charge is 0.497 e. The van der Waals surface area contributed by atoms with Crippen LogP contribution in [-0.2, 0) is 11.3 Å². The molecule has 0 radical (unpaired) electrons. The average Bonchev–Trinajstić information content (AvgIpc) is 3.06. The van der Waals surface area contributed by atoms with E-state index in [2.05, 4.69) is 5.32 Å². The van der Waals surface area contributed by atoms with E-state index in [-0.39, 0.29) is 24.0 Å². The molecule has 28 heavy (non-hydrogen) atoms. The zero-order chi connectivity index (χ0) is 20.1. The van der Waals surface area contributed by atoms with Crippen LogP contribution in [0.25, 0.3) is 0 Å². The van der Waals surface area contributed by atoms with E-state index in [4.69, 9.17) is 4.74 Å². The fourth-order valence-electron chi connectivity index (χ4n) is 3.34. The number of carbonyl (C=O) groups excluding carboxylic acids is 2. The molecule has 1 atom stereocenters. The van der Waals surface area contributed by atoms with Crippen LogP contribution in [0.2, 0.25) is 0 Å². The molecule has 2 aromatic carbocycles. The smallest absolute Gasteiger partial charge is 0.318 e. The number of nitrogens with zero attached hydrogens (tertiary/aromatic N) is 2. The van der Waals surface area contributed by atoms with E-state index in [1.807, 2.05) is 68.4 Å². The van der Waals surface area contributed by atoms with Gasteiger partial charge in [-0.05, 0) is 43.7 Å². The third-order valence-electron chi connectivity index (χ3n) is 4.92. The second-order valence-corrected chi connectivity index (χ2v) is 7.26. The molecule has 0 unspecified atom stereocenters. The highest BCUT2D eigenvalue weighted by Gasteiger charge is 2.32. The van der Waals surface area contributed by atoms with Crippen LogP contribution in [0.15, 0.2) is 54.6 Å². The van der Waals surface area contributed by atoms with Crippen molar-refractivity contribution >= 4 is 17.6 Å². The Kier molecular flexibility index (Phi) is 6.19. The van der Waals surface area contributed by atoms with Gasteiger partial charge < -0.3 is 19.9 Å². The maximum Gasteiger partial charge on any atom is 0.318 e. The fourth-order valence-corrected chi connectivity index (χ4v) is 3.34. The summed E-state index contributed by atoms with van der Waals surface area (Å²) in [6, 6.07) is 17.0. The van der Waals surface area contributed by atoms with Crippen LogP contribution in [0.1, 0.15) is 25.8 Å². The molecule has 148 valence electrons. The Hall–Kier alpha value is -3.02. The zero-order valence-electron chi connectivity index (χ0n) is 16.6. The van der Waals surface area contributed by atoms with Crippen molar-refractivity contribution in [3.63, 3.8) is 0 Å². The molecule has 0 spiro atoms. The minimum Gasteiger partial charge on any atom is -0.497 e. The molecule has 1 saturated heterocycles. The third-order valence-corrected chi connectivity index (χ3v) is 4.92. The van der Waals surface area contributed by atoms with Gasteiger partial charge in [-0.25, -0.2) is 4.79 Å². The lowest BCUT2D eigenvalue weighted by Crippen LogP contribution is -2.48. The Morgan fingerprint density at radius 3 is 2.46 bits per heavy atom. The Morgan fingerprint density at radius 1 is 1.18 bits per heavy atom. The summed E-state index contributed by atoms with van der Waals surface area (Å²) in [6.07, 6.45) is 0.301. The van der Waals surface area contributed by atoms with Crippen molar-refractivity contribution in [1.29, 1.82) is 0 Å². The molecule has 1 N–H and O–H groups in total. The number of urea groups is 1. The second-order valence-electron chi connectivity index (χ2n) is 7.26. The van der Waals surface area contributed by atoms with Crippen molar-refractivity contribution in [1.82, 2.24) is 10.2 Å². The number of ether oxygens (including phenoxy) is 1. The van der Waals surface area contributed by atoms with Crippen LogP contribution < -0.4 is 15.0 Å². The van der Waals surface area contributed by atoms with Crippen molar-refractivity contribution in [3.8, 4) is 5.75 Å². The van der Waals surface area contributed by atoms with Gasteiger partial charge in [0.05, 0.1) is 13.2 Å². The van der Waals surface area contributed by atoms with E-state index in [0.29, 0.717) is 19.5 Å². The molecule has 1 aliphatic heterocycles. The molecular formula is C22H27N3O3. The summed E-state index contributed by atoms with van der Waals surface area (Å²) in [7, 11) is 1.61. The lowest BCUT2D eigenvalue weighted by molar-refractivity contribution is -0.117. The Morgan fingerprint density at radius 2 is 1.86 bits per heavy atom. The zero-order valence-corrected chi connectivity index (χ0v) is 16.6. The van der Waals surface area contributed by atoms with Crippen LogP contribution in [0.3, 0.4) is 0 Å². The fraction of sp³-hybridized carbons (Fsp3) is 0.364. The van der Waals surface area contributed by atoms with E-state index in [9.17, 15) is 9.59 Å². The molecule has 1 fully saturated rings. The van der Waals surface area contributed by atoms with Crippen molar-refractivity contribution in [2.75, 3.05) is 18.6 Å². The summed E-state index contributed by atoms with van der Waals surface area (Å²) in [5.41, 5.74) is 1.89. The average molecular weight is 381 g/mol. The molecule has 0 aliphatic carbocycles. The molecular weight excluding hydrogens is 354 g/mol. The number of benzene rings is 2. The molecule has 6 nitrogen and oxygen atoms in total. The number of nitrogens with one attached hydrogen (secondary N) is 1. The van der Waals surface area contributed by atoms with Crippen molar-refractivity contribution < 1.29 is 14.3 Å². The van der Waals surface area contributed by atoms with E-state index < -0.39 is 0 Å². The molecule has 2 aromatic rings. The number of amides is 3. The van der Waals surface area contributed by atoms with Crippen molar-refractivity contribution in [2.24, 2.45) is 0 Å². The summed E-state index contributed by atoms with van der Waals surface area (Å²) in [6.45, 7) is 4.99. The maximum absolute atomic E-state index is 12.8. The molecule has 0 saturated carbocycles. The highest BCUT2D eigenvalue weighted by Crippen LogP contribution is 2.24. The van der Waals surface area contributed by atoms with Gasteiger partial charge in [0.2, 0.25) is 5.91 Å². The SMILES string of the molecule is COc1ccc(N2C[C@@H](NC(=O)N(Cc3ccccc3)C(C)C)CC2=O)cc1. The first kappa shape index (κ1) is 19.7. The quantitative estimate of drug-likeness (QED) is 0.834. The first-order chi connectivity index (χ1) is 13.5. The number of hydrogen-bond acceptors (Lipinski definition) is 3. The normalized spacial score (nSPS) is 16.4. The minimum absolute atomic E-state index is 0.00891. The van der Waals surface area contributed by atoms with Gasteiger partial charge in [0.15, 0.2) is 0 Å². The van der Waals surface area contributed by atoms with Crippen LogP contribution in [0.4, 0.5) is 10.5 Å². The highest BCUT2D eigenvalue weighted by atomic mass is 16.5. The lowest BCUT2D eigenvalue weighted by atomic mass is 10.2. The van der Waals surface area contributed by atoms with Gasteiger partial charge in [-0.15, -0.1) is 0 Å². The number of carbonyl (C=O) groups is 2. The van der Waals surface area contributed by atoms with Crippen molar-refractivity contribution in [3.05, 3.63) is 60.2 Å². The lowest BCUT2D eigenvalue weighted by Gasteiger charge is -2.28. The predicted molar refractivity (Wildman–Crippen MR) is 109 cm³/mol. The van der Waals surface area contributed by atoms with Gasteiger partial charge in [0, 0.05) is 31.2 Å². The van der Waals surface area contributed by atoms with Gasteiger partial charge >= 0.3 is 6.03 Å². The van der Waals surface area contributed by atoms with Crippen molar-refractivity contribution in [2.45, 2.75) is 38.9 Å². The number of methoxy groups -OCH3 is 1. The molecule has 0 aromatic heterocycles. The molecule has 0 bridgehead atoms. The third kappa shape index (κ3) is 4.63. The van der Waals surface area contributed by atoms with Gasteiger partial charge in [-0.1, -0.05) is 30.3 Å². The summed E-state index contributed by atoms with van der Waals surface area (Å²) >= 11 is 0. The topological polar surface area (TPSA) is 61.9 Å². The monoisotopic (exact) mass is 381 g/mol. The highest BCUT2D eigenvalue weighted by molar-refractivity contribution is 5.96. The van der Waals surface area contributed by atoms with E-state index in [0.717, 1.165) is 17.0 Å². The summed E-state index contributed by atoms with van der Waals surface area (Å²) in [4.78, 5) is 28.8. The summed E-state index contributed by atoms with van der Waals surface area (Å²) < 4.78 is 5.16. The standard InChI is InChI=1S/C22H27N3O3/c1-16(2)24(14-17-7-5-4-6-8-17)22(27)23-18-13-21(26)25(15-18)19-9-11-20(28-3)12-10-19/h4-12,16,18H,13-15H2,1-3H3,(H,23,27)/t18-/m0/s1. The van der Waals surface area contributed by atoms with Gasteiger partial charge in [-0.3, -0.25) is 4.79 Å². The number of rotatable bonds is 6. The van der Waals surface area contributed by atoms with Crippen LogP contribution in [0.5, 0.6) is 5.75 Å². The molecule has 1 aliphatic rings. The maximum atomic E-state index is 12.8. The first-order valence-electron chi connectivity index (χ1n) is 9.53. The summed E-state index contributed by atoms with van der Waals surface area (Å²) in [5, 5.41) is 3.03. The van der Waals surface area contributed by atoms with Crippen LogP contribution in [-0.4, -0.2) is 42.6 Å². The predicted octanol–water partition coefficient (Wildman–Crippen LogP) is 3.42. The summed E-state index contributed by atoms with van der Waals surface area (Å²) in [5.74, 6) is 0.753. The molecule has 3 amide bonds. The minimum atomic E-state index is -0.209. The molecule has 6 heteroatoms. The van der Waals surface area contributed by atoms with E-state index >= 15 is 0 Å². The van der Waals surface area contributed by atoms with Gasteiger partial charge in [0.1, 0.15) is 5.75 Å². The molecule has 3 rings (SSSR count). The Labute approximate surface area is 166 Å². The van der Waals surface area contributed by atoms with Gasteiger partial charge in [0.25, 0.3) is 0 Å². The Bertz CT molecular complexity index is 806. The van der Waals surface area contributed by atoms with Crippen LogP contribution in [0, 0.1) is 0 Å². The second kappa shape index (κ2) is 8.78. The number of hydrogen-bond donors (Lipinski definition) is 1. The van der Waals surface area contributed by atoms with Gasteiger partial charge in [-0.2, -0.15) is 0 Å². The Balaban J connectivity index is 1.63. The van der Waals surface area contributed by atoms with E-state index in [1.165, 1.54) is 0 Å².